The van der Waals surface area contributed by atoms with Crippen molar-refractivity contribution in [2.24, 2.45) is 0 Å². The van der Waals surface area contributed by atoms with Crippen LogP contribution < -0.4 is 5.32 Å². The fourth-order valence-corrected chi connectivity index (χ4v) is 1.10. The Balaban J connectivity index is 3.57. The van der Waals surface area contributed by atoms with E-state index < -0.39 is 18.2 Å². The smallest absolute Gasteiger partial charge is 0.374 e. The van der Waals surface area contributed by atoms with Gasteiger partial charge in [-0.2, -0.15) is 13.2 Å². The largest absolute Gasteiger partial charge is 0.389 e. The van der Waals surface area contributed by atoms with Crippen molar-refractivity contribution >= 4 is 0 Å². The topological polar surface area (TPSA) is 21.3 Å². The second-order valence-electron chi connectivity index (χ2n) is 4.11. The van der Waals surface area contributed by atoms with Crippen LogP contribution >= 0.6 is 0 Å². The van der Waals surface area contributed by atoms with Crippen LogP contribution in [0, 0.1) is 0 Å². The summed E-state index contributed by atoms with van der Waals surface area (Å²) in [6.07, 6.45) is -4.82. The highest BCUT2D eigenvalue weighted by atomic mass is 19.4. The lowest BCUT2D eigenvalue weighted by molar-refractivity contribution is -0.140. The van der Waals surface area contributed by atoms with Crippen molar-refractivity contribution in [1.82, 2.24) is 5.32 Å². The molecule has 0 fully saturated rings. The van der Waals surface area contributed by atoms with Crippen LogP contribution in [0.2, 0.25) is 0 Å². The number of halogens is 3. The molecule has 0 radical (unpaired) electrons. The molecule has 0 bridgehead atoms. The predicted molar refractivity (Wildman–Crippen MR) is 53.9 cm³/mol. The van der Waals surface area contributed by atoms with Crippen LogP contribution in [0.3, 0.4) is 0 Å². The molecule has 1 N–H and O–H groups in total. The summed E-state index contributed by atoms with van der Waals surface area (Å²) in [6, 6.07) is 0. The van der Waals surface area contributed by atoms with E-state index in [9.17, 15) is 13.2 Å². The number of ether oxygens (including phenoxy) is 1. The first kappa shape index (κ1) is 14.7. The van der Waals surface area contributed by atoms with E-state index in [1.165, 1.54) is 0 Å². The summed E-state index contributed by atoms with van der Waals surface area (Å²) >= 11 is 0. The predicted octanol–water partition coefficient (Wildman–Crippen LogP) is 2.73. The van der Waals surface area contributed by atoms with Gasteiger partial charge in [0.2, 0.25) is 0 Å². The molecule has 15 heavy (non-hydrogen) atoms. The van der Waals surface area contributed by atoms with Crippen molar-refractivity contribution in [3.05, 3.63) is 0 Å². The van der Waals surface area contributed by atoms with Crippen molar-refractivity contribution in [3.63, 3.8) is 0 Å². The van der Waals surface area contributed by atoms with Crippen LogP contribution in [-0.4, -0.2) is 31.5 Å². The van der Waals surface area contributed by atoms with Crippen molar-refractivity contribution in [1.29, 1.82) is 0 Å². The fraction of sp³-hybridized carbons (Fsp3) is 1.00. The van der Waals surface area contributed by atoms with Gasteiger partial charge in [-0.1, -0.05) is 6.92 Å². The van der Waals surface area contributed by atoms with Gasteiger partial charge in [0.1, 0.15) is 0 Å². The van der Waals surface area contributed by atoms with E-state index in [4.69, 9.17) is 4.74 Å². The summed E-state index contributed by atoms with van der Waals surface area (Å²) < 4.78 is 40.8. The molecule has 0 aliphatic rings. The number of likely N-dealkylation sites (N-methyl/N-ethyl adjacent to an activating group) is 1. The van der Waals surface area contributed by atoms with Crippen LogP contribution in [0.25, 0.3) is 0 Å². The summed E-state index contributed by atoms with van der Waals surface area (Å²) in [7, 11) is 0. The molecule has 0 rings (SSSR count). The average molecular weight is 227 g/mol. The molecule has 0 atom stereocenters. The van der Waals surface area contributed by atoms with Gasteiger partial charge < -0.3 is 10.1 Å². The zero-order valence-electron chi connectivity index (χ0n) is 9.58. The molecule has 0 saturated carbocycles. The Labute approximate surface area is 89.2 Å². The van der Waals surface area contributed by atoms with E-state index >= 15 is 0 Å². The SMILES string of the molecule is CCNCC(C)(C)OCCCC(F)(F)F. The maximum Gasteiger partial charge on any atom is 0.389 e. The molecule has 0 aromatic rings. The van der Waals surface area contributed by atoms with Gasteiger partial charge in [0.05, 0.1) is 5.60 Å². The highest BCUT2D eigenvalue weighted by Gasteiger charge is 2.26. The van der Waals surface area contributed by atoms with E-state index in [0.29, 0.717) is 6.54 Å². The van der Waals surface area contributed by atoms with E-state index in [0.717, 1.165) is 6.54 Å². The molecule has 0 amide bonds. The second-order valence-corrected chi connectivity index (χ2v) is 4.11. The molecular weight excluding hydrogens is 207 g/mol. The first-order chi connectivity index (χ1) is 6.77. The lowest BCUT2D eigenvalue weighted by Gasteiger charge is -2.25. The molecule has 0 aromatic carbocycles. The molecule has 0 unspecified atom stereocenters. The maximum absolute atomic E-state index is 11.8. The lowest BCUT2D eigenvalue weighted by Crippen LogP contribution is -2.38. The van der Waals surface area contributed by atoms with Crippen molar-refractivity contribution in [2.45, 2.75) is 45.4 Å². The van der Waals surface area contributed by atoms with Gasteiger partial charge in [-0.25, -0.2) is 0 Å². The van der Waals surface area contributed by atoms with Gasteiger partial charge in [-0.15, -0.1) is 0 Å². The summed E-state index contributed by atoms with van der Waals surface area (Å²) in [6.45, 7) is 7.33. The van der Waals surface area contributed by atoms with Gasteiger partial charge >= 0.3 is 6.18 Å². The first-order valence-electron chi connectivity index (χ1n) is 5.18. The van der Waals surface area contributed by atoms with E-state index in [-0.39, 0.29) is 13.0 Å². The summed E-state index contributed by atoms with van der Waals surface area (Å²) in [5.74, 6) is 0. The van der Waals surface area contributed by atoms with Gasteiger partial charge in [0.15, 0.2) is 0 Å². The minimum absolute atomic E-state index is 0.0268. The quantitative estimate of drug-likeness (QED) is 0.675. The van der Waals surface area contributed by atoms with Crippen molar-refractivity contribution in [3.8, 4) is 0 Å². The highest BCUT2D eigenvalue weighted by molar-refractivity contribution is 4.71. The van der Waals surface area contributed by atoms with E-state index in [1.54, 1.807) is 0 Å². The van der Waals surface area contributed by atoms with Crippen LogP contribution in [0.5, 0.6) is 0 Å². The normalized spacial score (nSPS) is 13.2. The van der Waals surface area contributed by atoms with Gasteiger partial charge in [0, 0.05) is 19.6 Å². The number of hydrogen-bond acceptors (Lipinski definition) is 2. The molecule has 0 spiro atoms. The Morgan fingerprint density at radius 3 is 2.27 bits per heavy atom. The number of rotatable bonds is 7. The fourth-order valence-electron chi connectivity index (χ4n) is 1.10. The lowest BCUT2D eigenvalue weighted by atomic mass is 10.1. The second kappa shape index (κ2) is 6.33. The zero-order valence-corrected chi connectivity index (χ0v) is 9.58. The molecule has 0 aliphatic heterocycles. The minimum Gasteiger partial charge on any atom is -0.374 e. The average Bonchev–Trinajstić information content (AvgIpc) is 2.08. The van der Waals surface area contributed by atoms with Gasteiger partial charge in [0.25, 0.3) is 0 Å². The molecule has 0 aliphatic carbocycles. The standard InChI is InChI=1S/C10H20F3NO/c1-4-14-8-9(2,3)15-7-5-6-10(11,12)13/h14H,4-8H2,1-3H3. The summed E-state index contributed by atoms with van der Waals surface area (Å²) in [5, 5.41) is 3.10. The third kappa shape index (κ3) is 10.0. The van der Waals surface area contributed by atoms with Crippen LogP contribution in [0.1, 0.15) is 33.6 Å². The monoisotopic (exact) mass is 227 g/mol. The third-order valence-electron chi connectivity index (χ3n) is 1.90. The maximum atomic E-state index is 11.8. The Hall–Kier alpha value is -0.290. The number of nitrogens with one attached hydrogen (secondary N) is 1. The number of alkyl halides is 3. The van der Waals surface area contributed by atoms with Gasteiger partial charge in [-0.3, -0.25) is 0 Å². The van der Waals surface area contributed by atoms with Crippen molar-refractivity contribution < 1.29 is 17.9 Å². The van der Waals surface area contributed by atoms with Crippen LogP contribution in [0.4, 0.5) is 13.2 Å². The molecule has 5 heteroatoms. The summed E-state index contributed by atoms with van der Waals surface area (Å²) in [5.41, 5.74) is -0.401. The Morgan fingerprint density at radius 2 is 1.80 bits per heavy atom. The minimum atomic E-state index is -4.07. The van der Waals surface area contributed by atoms with Crippen LogP contribution in [-0.2, 0) is 4.74 Å². The van der Waals surface area contributed by atoms with Crippen LogP contribution in [0.15, 0.2) is 0 Å². The molecular formula is C10H20F3NO. The van der Waals surface area contributed by atoms with E-state index in [2.05, 4.69) is 5.32 Å². The molecule has 92 valence electrons. The Bertz CT molecular complexity index is 169. The number of hydrogen-bond donors (Lipinski definition) is 1. The van der Waals surface area contributed by atoms with Gasteiger partial charge in [-0.05, 0) is 26.8 Å². The molecule has 0 heterocycles. The third-order valence-corrected chi connectivity index (χ3v) is 1.90. The zero-order chi connectivity index (χ0) is 11.9. The summed E-state index contributed by atoms with van der Waals surface area (Å²) in [4.78, 5) is 0. The first-order valence-corrected chi connectivity index (χ1v) is 5.18. The van der Waals surface area contributed by atoms with E-state index in [1.807, 2.05) is 20.8 Å². The molecule has 0 saturated heterocycles. The molecule has 2 nitrogen and oxygen atoms in total. The Kier molecular flexibility index (Phi) is 6.20. The Morgan fingerprint density at radius 1 is 1.20 bits per heavy atom. The molecule has 0 aromatic heterocycles. The van der Waals surface area contributed by atoms with Crippen molar-refractivity contribution in [2.75, 3.05) is 19.7 Å². The highest BCUT2D eigenvalue weighted by Crippen LogP contribution is 2.21.